The van der Waals surface area contributed by atoms with Gasteiger partial charge in [-0.3, -0.25) is 14.4 Å². The zero-order chi connectivity index (χ0) is 36.3. The van der Waals surface area contributed by atoms with E-state index in [2.05, 4.69) is 16.0 Å². The van der Waals surface area contributed by atoms with Gasteiger partial charge in [0.15, 0.2) is 11.5 Å². The normalized spacial score (nSPS) is 11.6. The quantitative estimate of drug-likeness (QED) is 0.0825. The number of rotatable bonds is 13. The number of methoxy groups -OCH3 is 3. The monoisotopic (exact) mass is 721 g/mol. The summed E-state index contributed by atoms with van der Waals surface area (Å²) in [6.07, 6.45) is 1.52. The van der Waals surface area contributed by atoms with Gasteiger partial charge in [-0.05, 0) is 84.3 Å². The van der Waals surface area contributed by atoms with Gasteiger partial charge in [0, 0.05) is 26.9 Å². The second kappa shape index (κ2) is 17.3. The highest BCUT2D eigenvalue weighted by atomic mass is 35.5. The standard InChI is InChI=1S/C40H36ClN3O6S/c1-25-18-19-29(41)23-32(25)43-40(47)37(27-12-7-5-8-13-27)51-31-17-11-16-30(24-31)42-39(46)33(44-38(45)28-14-9-6-10-15-28)20-26-21-34(48-2)36(50-4)35(22-26)49-3/h5-24,37H,1-4H3,(H,42,46)(H,43,47)(H,44,45)/b33-20+. The summed E-state index contributed by atoms with van der Waals surface area (Å²) in [5, 5.41) is 8.56. The topological polar surface area (TPSA) is 115 Å². The molecule has 1 atom stereocenters. The molecule has 0 radical (unpaired) electrons. The van der Waals surface area contributed by atoms with Crippen molar-refractivity contribution >= 4 is 58.5 Å². The first kappa shape index (κ1) is 36.6. The second-order valence-corrected chi connectivity index (χ2v) is 12.8. The Morgan fingerprint density at radius 1 is 0.745 bits per heavy atom. The first-order chi connectivity index (χ1) is 24.7. The Morgan fingerprint density at radius 2 is 1.41 bits per heavy atom. The van der Waals surface area contributed by atoms with Crippen LogP contribution in [0.5, 0.6) is 17.2 Å². The van der Waals surface area contributed by atoms with Crippen molar-refractivity contribution in [1.29, 1.82) is 0 Å². The highest BCUT2D eigenvalue weighted by molar-refractivity contribution is 8.00. The van der Waals surface area contributed by atoms with Gasteiger partial charge in [-0.25, -0.2) is 0 Å². The molecule has 0 saturated carbocycles. The number of hydrogen-bond acceptors (Lipinski definition) is 7. The average molecular weight is 722 g/mol. The fourth-order valence-electron chi connectivity index (χ4n) is 5.10. The van der Waals surface area contributed by atoms with Crippen LogP contribution in [-0.4, -0.2) is 39.1 Å². The highest BCUT2D eigenvalue weighted by Crippen LogP contribution is 2.39. The number of ether oxygens (including phenoxy) is 3. The number of anilines is 2. The Bertz CT molecular complexity index is 2030. The van der Waals surface area contributed by atoms with E-state index in [0.717, 1.165) is 16.0 Å². The molecule has 0 aromatic heterocycles. The summed E-state index contributed by atoms with van der Waals surface area (Å²) in [4.78, 5) is 41.6. The van der Waals surface area contributed by atoms with Gasteiger partial charge in [0.2, 0.25) is 11.7 Å². The molecule has 0 spiro atoms. The lowest BCUT2D eigenvalue weighted by Gasteiger charge is -2.19. The van der Waals surface area contributed by atoms with Crippen molar-refractivity contribution in [2.75, 3.05) is 32.0 Å². The molecule has 3 N–H and O–H groups in total. The second-order valence-electron chi connectivity index (χ2n) is 11.2. The van der Waals surface area contributed by atoms with Gasteiger partial charge in [-0.15, -0.1) is 11.8 Å². The molecular formula is C40H36ClN3O6S. The smallest absolute Gasteiger partial charge is 0.272 e. The summed E-state index contributed by atoms with van der Waals surface area (Å²) in [5.74, 6) is -0.139. The molecule has 0 aliphatic heterocycles. The fourth-order valence-corrected chi connectivity index (χ4v) is 6.36. The van der Waals surface area contributed by atoms with E-state index in [4.69, 9.17) is 25.8 Å². The highest BCUT2D eigenvalue weighted by Gasteiger charge is 2.24. The van der Waals surface area contributed by atoms with Crippen LogP contribution in [0.2, 0.25) is 5.02 Å². The minimum Gasteiger partial charge on any atom is -0.493 e. The van der Waals surface area contributed by atoms with Gasteiger partial charge >= 0.3 is 0 Å². The molecule has 0 saturated heterocycles. The van der Waals surface area contributed by atoms with E-state index >= 15 is 0 Å². The largest absolute Gasteiger partial charge is 0.493 e. The molecule has 0 bridgehead atoms. The maximum Gasteiger partial charge on any atom is 0.272 e. The predicted octanol–water partition coefficient (Wildman–Crippen LogP) is 8.56. The maximum atomic E-state index is 13.9. The van der Waals surface area contributed by atoms with E-state index in [1.807, 2.05) is 49.4 Å². The molecule has 51 heavy (non-hydrogen) atoms. The van der Waals surface area contributed by atoms with Crippen LogP contribution in [0, 0.1) is 6.92 Å². The molecule has 0 fully saturated rings. The minimum atomic E-state index is -0.629. The Labute approximate surface area is 306 Å². The summed E-state index contributed by atoms with van der Waals surface area (Å²) in [6, 6.07) is 33.8. The number of thioether (sulfide) groups is 1. The van der Waals surface area contributed by atoms with Crippen LogP contribution in [0.4, 0.5) is 11.4 Å². The van der Waals surface area contributed by atoms with E-state index in [1.54, 1.807) is 72.8 Å². The van der Waals surface area contributed by atoms with Crippen LogP contribution in [0.15, 0.2) is 126 Å². The number of aryl methyl sites for hydroxylation is 1. The number of amides is 3. The third kappa shape index (κ3) is 9.50. The molecule has 11 heteroatoms. The van der Waals surface area contributed by atoms with E-state index in [0.29, 0.717) is 44.8 Å². The lowest BCUT2D eigenvalue weighted by Crippen LogP contribution is -2.30. The van der Waals surface area contributed by atoms with Crippen molar-refractivity contribution in [3.05, 3.63) is 148 Å². The van der Waals surface area contributed by atoms with E-state index in [-0.39, 0.29) is 11.6 Å². The summed E-state index contributed by atoms with van der Waals surface area (Å²) >= 11 is 7.55. The fraction of sp³-hybridized carbons (Fsp3) is 0.125. The first-order valence-corrected chi connectivity index (χ1v) is 17.0. The molecule has 0 heterocycles. The molecule has 5 rings (SSSR count). The van der Waals surface area contributed by atoms with E-state index in [1.165, 1.54) is 39.2 Å². The molecule has 5 aromatic rings. The van der Waals surface area contributed by atoms with Crippen LogP contribution in [0.3, 0.4) is 0 Å². The van der Waals surface area contributed by atoms with Gasteiger partial charge in [-0.1, -0.05) is 72.3 Å². The van der Waals surface area contributed by atoms with Crippen molar-refractivity contribution in [3.63, 3.8) is 0 Å². The van der Waals surface area contributed by atoms with Crippen LogP contribution in [0.1, 0.15) is 32.3 Å². The van der Waals surface area contributed by atoms with Crippen molar-refractivity contribution in [3.8, 4) is 17.2 Å². The van der Waals surface area contributed by atoms with Gasteiger partial charge in [0.1, 0.15) is 10.9 Å². The Hall–Kier alpha value is -5.71. The van der Waals surface area contributed by atoms with Gasteiger partial charge in [0.25, 0.3) is 11.8 Å². The third-order valence-corrected chi connectivity index (χ3v) is 9.15. The SMILES string of the molecule is COc1cc(/C=C(/NC(=O)c2ccccc2)C(=O)Nc2cccc(SC(C(=O)Nc3cc(Cl)ccc3C)c3ccccc3)c2)cc(OC)c1OC. The van der Waals surface area contributed by atoms with Crippen molar-refractivity contribution in [1.82, 2.24) is 5.32 Å². The summed E-state index contributed by atoms with van der Waals surface area (Å²) in [7, 11) is 4.48. The zero-order valence-corrected chi connectivity index (χ0v) is 29.9. The molecule has 0 aliphatic carbocycles. The average Bonchev–Trinajstić information content (AvgIpc) is 3.15. The maximum absolute atomic E-state index is 13.9. The van der Waals surface area contributed by atoms with Gasteiger partial charge < -0.3 is 30.2 Å². The number of halogens is 1. The molecule has 9 nitrogen and oxygen atoms in total. The molecule has 5 aromatic carbocycles. The van der Waals surface area contributed by atoms with E-state index in [9.17, 15) is 14.4 Å². The third-order valence-electron chi connectivity index (χ3n) is 7.67. The van der Waals surface area contributed by atoms with Gasteiger partial charge in [0.05, 0.1) is 21.3 Å². The van der Waals surface area contributed by atoms with Crippen molar-refractivity contribution < 1.29 is 28.6 Å². The molecule has 3 amide bonds. The molecular weight excluding hydrogens is 686 g/mol. The summed E-state index contributed by atoms with van der Waals surface area (Å²) < 4.78 is 16.4. The number of benzene rings is 5. The first-order valence-electron chi connectivity index (χ1n) is 15.8. The van der Waals surface area contributed by atoms with Crippen LogP contribution >= 0.6 is 23.4 Å². The zero-order valence-electron chi connectivity index (χ0n) is 28.4. The molecule has 1 unspecified atom stereocenters. The predicted molar refractivity (Wildman–Crippen MR) is 203 cm³/mol. The Kier molecular flexibility index (Phi) is 12.4. The lowest BCUT2D eigenvalue weighted by molar-refractivity contribution is -0.116. The van der Waals surface area contributed by atoms with Crippen molar-refractivity contribution in [2.24, 2.45) is 0 Å². The van der Waals surface area contributed by atoms with Gasteiger partial charge in [-0.2, -0.15) is 0 Å². The molecule has 260 valence electrons. The number of hydrogen-bond donors (Lipinski definition) is 3. The summed E-state index contributed by atoms with van der Waals surface area (Å²) in [5.41, 5.74) is 3.61. The minimum absolute atomic E-state index is 0.0328. The van der Waals surface area contributed by atoms with Crippen molar-refractivity contribution in [2.45, 2.75) is 17.1 Å². The molecule has 0 aliphatic rings. The van der Waals surface area contributed by atoms with E-state index < -0.39 is 17.1 Å². The lowest BCUT2D eigenvalue weighted by atomic mass is 10.1. The Morgan fingerprint density at radius 3 is 2.06 bits per heavy atom. The summed E-state index contributed by atoms with van der Waals surface area (Å²) in [6.45, 7) is 1.90. The Balaban J connectivity index is 1.43. The number of carbonyl (C=O) groups is 3. The number of carbonyl (C=O) groups excluding carboxylic acids is 3. The number of nitrogens with one attached hydrogen (secondary N) is 3. The van der Waals surface area contributed by atoms with Crippen LogP contribution in [-0.2, 0) is 9.59 Å². The van der Waals surface area contributed by atoms with Crippen LogP contribution in [0.25, 0.3) is 6.08 Å². The van der Waals surface area contributed by atoms with Crippen LogP contribution < -0.4 is 30.2 Å².